The second kappa shape index (κ2) is 5.21. The van der Waals surface area contributed by atoms with Gasteiger partial charge in [-0.1, -0.05) is 48.0 Å². The van der Waals surface area contributed by atoms with Gasteiger partial charge in [-0.15, -0.1) is 0 Å². The molecule has 92 valence electrons. The minimum atomic E-state index is -1.48. The fourth-order valence-corrected chi connectivity index (χ4v) is 1.77. The van der Waals surface area contributed by atoms with E-state index in [2.05, 4.69) is 0 Å². The number of carboxylic acids is 1. The lowest BCUT2D eigenvalue weighted by atomic mass is 10.0. The molecule has 0 aliphatic heterocycles. The zero-order valence-corrected chi connectivity index (χ0v) is 10.1. The molecule has 0 fully saturated rings. The van der Waals surface area contributed by atoms with Crippen LogP contribution in [0.5, 0.6) is 0 Å². The number of aliphatic hydroxyl groups is 1. The first-order valence-electron chi connectivity index (χ1n) is 5.34. The van der Waals surface area contributed by atoms with Gasteiger partial charge in [-0.05, 0) is 28.8 Å². The van der Waals surface area contributed by atoms with Crippen LogP contribution in [0.25, 0.3) is 11.1 Å². The largest absolute Gasteiger partial charge is 0.479 e. The molecule has 2 N–H and O–H groups in total. The van der Waals surface area contributed by atoms with E-state index in [1.807, 2.05) is 12.1 Å². The highest BCUT2D eigenvalue weighted by molar-refractivity contribution is 6.30. The maximum absolute atomic E-state index is 10.6. The molecule has 0 spiro atoms. The molecule has 0 amide bonds. The molecule has 0 heterocycles. The standard InChI is InChI=1S/C14H11ClO3/c15-12-7-5-10(6-8-12)9-1-3-11(4-2-9)13(16)14(17)18/h1-8,13,16H,(H,17,18). The van der Waals surface area contributed by atoms with E-state index in [-0.39, 0.29) is 0 Å². The van der Waals surface area contributed by atoms with E-state index in [0.29, 0.717) is 10.6 Å². The molecule has 2 aromatic rings. The maximum Gasteiger partial charge on any atom is 0.337 e. The van der Waals surface area contributed by atoms with E-state index in [0.717, 1.165) is 11.1 Å². The minimum absolute atomic E-state index is 0.361. The van der Waals surface area contributed by atoms with Crippen molar-refractivity contribution in [1.29, 1.82) is 0 Å². The van der Waals surface area contributed by atoms with Gasteiger partial charge in [0.2, 0.25) is 0 Å². The normalized spacial score (nSPS) is 12.1. The van der Waals surface area contributed by atoms with Gasteiger partial charge >= 0.3 is 5.97 Å². The van der Waals surface area contributed by atoms with Crippen LogP contribution < -0.4 is 0 Å². The fourth-order valence-electron chi connectivity index (χ4n) is 1.64. The minimum Gasteiger partial charge on any atom is -0.479 e. The molecule has 4 heteroatoms. The SMILES string of the molecule is O=C(O)C(O)c1ccc(-c2ccc(Cl)cc2)cc1. The zero-order chi connectivity index (χ0) is 13.1. The zero-order valence-electron chi connectivity index (χ0n) is 9.38. The number of benzene rings is 2. The van der Waals surface area contributed by atoms with Crippen molar-refractivity contribution in [3.8, 4) is 11.1 Å². The second-order valence-corrected chi connectivity index (χ2v) is 4.31. The van der Waals surface area contributed by atoms with Gasteiger partial charge in [0.05, 0.1) is 0 Å². The summed E-state index contributed by atoms with van der Waals surface area (Å²) in [5, 5.41) is 18.7. The molecule has 0 aliphatic carbocycles. The van der Waals surface area contributed by atoms with Crippen molar-refractivity contribution in [1.82, 2.24) is 0 Å². The molecular formula is C14H11ClO3. The van der Waals surface area contributed by atoms with Gasteiger partial charge in [-0.3, -0.25) is 0 Å². The average molecular weight is 263 g/mol. The van der Waals surface area contributed by atoms with E-state index in [9.17, 15) is 9.90 Å². The fraction of sp³-hybridized carbons (Fsp3) is 0.0714. The Labute approximate surface area is 109 Å². The number of carboxylic acid groups (broad SMARTS) is 1. The monoisotopic (exact) mass is 262 g/mol. The lowest BCUT2D eigenvalue weighted by Crippen LogP contribution is -2.09. The number of rotatable bonds is 3. The highest BCUT2D eigenvalue weighted by atomic mass is 35.5. The van der Waals surface area contributed by atoms with Crippen molar-refractivity contribution < 1.29 is 15.0 Å². The third-order valence-corrected chi connectivity index (χ3v) is 2.89. The van der Waals surface area contributed by atoms with Crippen LogP contribution >= 0.6 is 11.6 Å². The number of carbonyl (C=O) groups is 1. The van der Waals surface area contributed by atoms with Gasteiger partial charge in [0.15, 0.2) is 6.10 Å². The topological polar surface area (TPSA) is 57.5 Å². The Hall–Kier alpha value is -1.84. The van der Waals surface area contributed by atoms with Crippen molar-refractivity contribution in [2.45, 2.75) is 6.10 Å². The number of aliphatic hydroxyl groups excluding tert-OH is 1. The Kier molecular flexibility index (Phi) is 3.65. The van der Waals surface area contributed by atoms with Crippen LogP contribution in [0.3, 0.4) is 0 Å². The molecule has 0 aliphatic rings. The van der Waals surface area contributed by atoms with E-state index < -0.39 is 12.1 Å². The molecule has 1 unspecified atom stereocenters. The number of hydrogen-bond acceptors (Lipinski definition) is 2. The Balaban J connectivity index is 2.27. The van der Waals surface area contributed by atoms with Crippen LogP contribution in [0.15, 0.2) is 48.5 Å². The molecule has 3 nitrogen and oxygen atoms in total. The highest BCUT2D eigenvalue weighted by Crippen LogP contribution is 2.23. The molecule has 2 aromatic carbocycles. The second-order valence-electron chi connectivity index (χ2n) is 3.87. The first-order chi connectivity index (χ1) is 8.58. The lowest BCUT2D eigenvalue weighted by molar-refractivity contribution is -0.146. The van der Waals surface area contributed by atoms with Gasteiger partial charge in [-0.25, -0.2) is 4.79 Å². The number of hydrogen-bond donors (Lipinski definition) is 2. The van der Waals surface area contributed by atoms with Crippen LogP contribution in [0, 0.1) is 0 Å². The average Bonchev–Trinajstić information content (AvgIpc) is 2.39. The van der Waals surface area contributed by atoms with Crippen LogP contribution in [-0.4, -0.2) is 16.2 Å². The van der Waals surface area contributed by atoms with Crippen molar-refractivity contribution in [3.05, 3.63) is 59.1 Å². The summed E-state index contributed by atoms with van der Waals surface area (Å²) in [5.41, 5.74) is 2.28. The highest BCUT2D eigenvalue weighted by Gasteiger charge is 2.15. The van der Waals surface area contributed by atoms with Crippen molar-refractivity contribution in [2.75, 3.05) is 0 Å². The predicted octanol–water partition coefficient (Wildman–Crippen LogP) is 3.13. The summed E-state index contributed by atoms with van der Waals surface area (Å²) in [6.07, 6.45) is -1.48. The third-order valence-electron chi connectivity index (χ3n) is 2.64. The van der Waals surface area contributed by atoms with Crippen LogP contribution in [0.1, 0.15) is 11.7 Å². The van der Waals surface area contributed by atoms with Crippen molar-refractivity contribution >= 4 is 17.6 Å². The molecule has 0 saturated heterocycles. The van der Waals surface area contributed by atoms with Crippen molar-refractivity contribution in [2.24, 2.45) is 0 Å². The summed E-state index contributed by atoms with van der Waals surface area (Å²) in [5.74, 6) is -1.26. The molecule has 18 heavy (non-hydrogen) atoms. The van der Waals surface area contributed by atoms with Gasteiger partial charge < -0.3 is 10.2 Å². The Morgan fingerprint density at radius 3 is 1.83 bits per heavy atom. The first kappa shape index (κ1) is 12.6. The van der Waals surface area contributed by atoms with Gasteiger partial charge in [0.1, 0.15) is 0 Å². The molecule has 0 saturated carbocycles. The summed E-state index contributed by atoms with van der Waals surface area (Å²) in [6, 6.07) is 14.1. The summed E-state index contributed by atoms with van der Waals surface area (Å²) in [6.45, 7) is 0. The Morgan fingerprint density at radius 2 is 1.39 bits per heavy atom. The molecule has 2 rings (SSSR count). The number of halogens is 1. The van der Waals surface area contributed by atoms with Gasteiger partial charge in [0, 0.05) is 5.02 Å². The predicted molar refractivity (Wildman–Crippen MR) is 69.5 cm³/mol. The molecular weight excluding hydrogens is 252 g/mol. The maximum atomic E-state index is 10.6. The van der Waals surface area contributed by atoms with Gasteiger partial charge in [0.25, 0.3) is 0 Å². The Bertz CT molecular complexity index is 546. The molecule has 0 radical (unpaired) electrons. The number of aliphatic carboxylic acids is 1. The molecule has 0 aromatic heterocycles. The summed E-state index contributed by atoms with van der Waals surface area (Å²) in [7, 11) is 0. The summed E-state index contributed by atoms with van der Waals surface area (Å²) < 4.78 is 0. The van der Waals surface area contributed by atoms with E-state index in [1.54, 1.807) is 36.4 Å². The van der Waals surface area contributed by atoms with Crippen LogP contribution in [0.4, 0.5) is 0 Å². The van der Waals surface area contributed by atoms with Crippen LogP contribution in [0.2, 0.25) is 5.02 Å². The third kappa shape index (κ3) is 2.70. The van der Waals surface area contributed by atoms with Crippen LogP contribution in [-0.2, 0) is 4.79 Å². The van der Waals surface area contributed by atoms with Crippen molar-refractivity contribution in [3.63, 3.8) is 0 Å². The smallest absolute Gasteiger partial charge is 0.337 e. The molecule has 0 bridgehead atoms. The molecule has 1 atom stereocenters. The lowest BCUT2D eigenvalue weighted by Gasteiger charge is -2.07. The van der Waals surface area contributed by atoms with E-state index in [1.165, 1.54) is 0 Å². The summed E-state index contributed by atoms with van der Waals surface area (Å²) in [4.78, 5) is 10.6. The summed E-state index contributed by atoms with van der Waals surface area (Å²) >= 11 is 5.80. The first-order valence-corrected chi connectivity index (χ1v) is 5.72. The van der Waals surface area contributed by atoms with E-state index >= 15 is 0 Å². The Morgan fingerprint density at radius 1 is 0.944 bits per heavy atom. The quantitative estimate of drug-likeness (QED) is 0.893. The van der Waals surface area contributed by atoms with E-state index in [4.69, 9.17) is 16.7 Å². The van der Waals surface area contributed by atoms with Gasteiger partial charge in [-0.2, -0.15) is 0 Å².